The second-order valence-corrected chi connectivity index (χ2v) is 5.39. The highest BCUT2D eigenvalue weighted by Gasteiger charge is 2.05. The first-order chi connectivity index (χ1) is 9.67. The van der Waals surface area contributed by atoms with Gasteiger partial charge in [-0.3, -0.25) is 4.79 Å². The number of fused-ring (bicyclic) bond motifs is 1. The van der Waals surface area contributed by atoms with E-state index in [0.717, 1.165) is 21.1 Å². The minimum atomic E-state index is -0.112. The number of nitrogens with one attached hydrogen (secondary N) is 1. The number of methoxy groups -OCH3 is 1. The predicted octanol–water partition coefficient (Wildman–Crippen LogP) is 3.97. The van der Waals surface area contributed by atoms with Gasteiger partial charge in [-0.25, -0.2) is 0 Å². The van der Waals surface area contributed by atoms with Crippen molar-refractivity contribution in [2.24, 2.45) is 0 Å². The molecular weight excluding hydrogens is 318 g/mol. The molecular formula is C16H12BrNO2. The topological polar surface area (TPSA) is 42.1 Å². The Labute approximate surface area is 124 Å². The molecule has 3 nitrogen and oxygen atoms in total. The van der Waals surface area contributed by atoms with Crippen LogP contribution in [0.25, 0.3) is 22.0 Å². The highest BCUT2D eigenvalue weighted by molar-refractivity contribution is 9.10. The molecule has 1 heterocycles. The summed E-state index contributed by atoms with van der Waals surface area (Å²) in [6.07, 6.45) is 0. The average molecular weight is 330 g/mol. The summed E-state index contributed by atoms with van der Waals surface area (Å²) >= 11 is 3.40. The van der Waals surface area contributed by atoms with E-state index in [1.807, 2.05) is 42.5 Å². The molecule has 1 aromatic heterocycles. The van der Waals surface area contributed by atoms with Crippen molar-refractivity contribution in [3.63, 3.8) is 0 Å². The summed E-state index contributed by atoms with van der Waals surface area (Å²) in [5, 5.41) is 1.53. The number of aromatic amines is 1. The van der Waals surface area contributed by atoms with Gasteiger partial charge in [-0.15, -0.1) is 0 Å². The Morgan fingerprint density at radius 3 is 2.50 bits per heavy atom. The second kappa shape index (κ2) is 5.13. The largest absolute Gasteiger partial charge is 0.497 e. The van der Waals surface area contributed by atoms with Gasteiger partial charge in [-0.2, -0.15) is 0 Å². The number of halogens is 1. The Kier molecular flexibility index (Phi) is 3.32. The number of ether oxygens (including phenoxy) is 1. The molecule has 0 aliphatic rings. The smallest absolute Gasteiger partial charge is 0.256 e. The third-order valence-electron chi connectivity index (χ3n) is 3.21. The fraction of sp³-hybridized carbons (Fsp3) is 0.0625. The first-order valence-corrected chi connectivity index (χ1v) is 6.94. The summed E-state index contributed by atoms with van der Waals surface area (Å²) in [7, 11) is 1.59. The van der Waals surface area contributed by atoms with Crippen molar-refractivity contribution in [1.29, 1.82) is 0 Å². The summed E-state index contributed by atoms with van der Waals surface area (Å²) in [5.74, 6) is 0.680. The van der Waals surface area contributed by atoms with Crippen LogP contribution in [0.4, 0.5) is 0 Å². The van der Waals surface area contributed by atoms with Gasteiger partial charge in [0.15, 0.2) is 0 Å². The normalized spacial score (nSPS) is 10.7. The zero-order chi connectivity index (χ0) is 14.1. The molecule has 4 heteroatoms. The lowest BCUT2D eigenvalue weighted by molar-refractivity contribution is 0.415. The summed E-state index contributed by atoms with van der Waals surface area (Å²) < 4.78 is 6.16. The van der Waals surface area contributed by atoms with E-state index in [1.54, 1.807) is 13.2 Å². The molecule has 0 saturated heterocycles. The van der Waals surface area contributed by atoms with Crippen LogP contribution < -0.4 is 10.3 Å². The van der Waals surface area contributed by atoms with Crippen LogP contribution in [-0.4, -0.2) is 12.1 Å². The maximum absolute atomic E-state index is 12.2. The number of aromatic nitrogens is 1. The minimum absolute atomic E-state index is 0.112. The van der Waals surface area contributed by atoms with E-state index in [9.17, 15) is 4.79 Å². The van der Waals surface area contributed by atoms with E-state index >= 15 is 0 Å². The van der Waals surface area contributed by atoms with E-state index in [2.05, 4.69) is 20.9 Å². The number of rotatable bonds is 2. The molecule has 0 amide bonds. The van der Waals surface area contributed by atoms with E-state index in [4.69, 9.17) is 4.74 Å². The molecule has 0 aliphatic carbocycles. The third kappa shape index (κ3) is 2.34. The van der Waals surface area contributed by atoms with Crippen molar-refractivity contribution in [1.82, 2.24) is 4.98 Å². The molecule has 0 aliphatic heterocycles. The Morgan fingerprint density at radius 1 is 1.05 bits per heavy atom. The van der Waals surface area contributed by atoms with E-state index < -0.39 is 0 Å². The van der Waals surface area contributed by atoms with Crippen molar-refractivity contribution >= 4 is 26.7 Å². The first-order valence-electron chi connectivity index (χ1n) is 6.14. The van der Waals surface area contributed by atoms with Crippen LogP contribution in [0.2, 0.25) is 0 Å². The highest BCUT2D eigenvalue weighted by Crippen LogP contribution is 2.23. The zero-order valence-corrected chi connectivity index (χ0v) is 12.4. The van der Waals surface area contributed by atoms with Gasteiger partial charge in [0, 0.05) is 10.2 Å². The van der Waals surface area contributed by atoms with Gasteiger partial charge in [0.25, 0.3) is 5.56 Å². The van der Waals surface area contributed by atoms with Crippen molar-refractivity contribution in [3.05, 3.63) is 63.4 Å². The monoisotopic (exact) mass is 329 g/mol. The fourth-order valence-electron chi connectivity index (χ4n) is 2.15. The SMILES string of the molecule is COc1ccc2cc(-c3ccc(Br)cc3)[nH]c(=O)c2c1. The maximum atomic E-state index is 12.2. The van der Waals surface area contributed by atoms with Crippen LogP contribution in [-0.2, 0) is 0 Å². The third-order valence-corrected chi connectivity index (χ3v) is 3.74. The summed E-state index contributed by atoms with van der Waals surface area (Å²) in [6.45, 7) is 0. The molecule has 20 heavy (non-hydrogen) atoms. The van der Waals surface area contributed by atoms with Crippen LogP contribution in [0.1, 0.15) is 0 Å². The maximum Gasteiger partial charge on any atom is 0.256 e. The Hall–Kier alpha value is -2.07. The molecule has 0 spiro atoms. The standard InChI is InChI=1S/C16H12BrNO2/c1-20-13-7-4-11-8-15(18-16(19)14(11)9-13)10-2-5-12(17)6-3-10/h2-9H,1H3,(H,18,19). The summed E-state index contributed by atoms with van der Waals surface area (Å²) in [6, 6.07) is 15.3. The molecule has 0 fully saturated rings. The zero-order valence-electron chi connectivity index (χ0n) is 10.8. The van der Waals surface area contributed by atoms with Crippen molar-refractivity contribution in [2.75, 3.05) is 7.11 Å². The molecule has 3 aromatic rings. The molecule has 0 saturated carbocycles. The van der Waals surface area contributed by atoms with Gasteiger partial charge in [0.1, 0.15) is 5.75 Å². The van der Waals surface area contributed by atoms with E-state index in [0.29, 0.717) is 11.1 Å². The van der Waals surface area contributed by atoms with Gasteiger partial charge in [-0.1, -0.05) is 34.1 Å². The van der Waals surface area contributed by atoms with Gasteiger partial charge in [-0.05, 0) is 41.3 Å². The quantitative estimate of drug-likeness (QED) is 0.773. The number of pyridine rings is 1. The molecule has 3 rings (SSSR count). The molecule has 0 unspecified atom stereocenters. The predicted molar refractivity (Wildman–Crippen MR) is 84.3 cm³/mol. The Bertz CT molecular complexity index is 822. The van der Waals surface area contributed by atoms with Crippen molar-refractivity contribution < 1.29 is 4.74 Å². The van der Waals surface area contributed by atoms with E-state index in [1.165, 1.54) is 0 Å². The van der Waals surface area contributed by atoms with Crippen LogP contribution in [0, 0.1) is 0 Å². The lowest BCUT2D eigenvalue weighted by Crippen LogP contribution is -2.07. The van der Waals surface area contributed by atoms with Gasteiger partial charge >= 0.3 is 0 Å². The van der Waals surface area contributed by atoms with Crippen LogP contribution in [0.5, 0.6) is 5.75 Å². The first kappa shape index (κ1) is 12.9. The number of benzene rings is 2. The fourth-order valence-corrected chi connectivity index (χ4v) is 2.42. The summed E-state index contributed by atoms with van der Waals surface area (Å²) in [4.78, 5) is 15.1. The second-order valence-electron chi connectivity index (χ2n) is 4.47. The number of H-pyrrole nitrogens is 1. The molecule has 0 radical (unpaired) electrons. The van der Waals surface area contributed by atoms with Crippen LogP contribution in [0.3, 0.4) is 0 Å². The van der Waals surface area contributed by atoms with Crippen LogP contribution in [0.15, 0.2) is 57.8 Å². The lowest BCUT2D eigenvalue weighted by Gasteiger charge is -2.06. The van der Waals surface area contributed by atoms with E-state index in [-0.39, 0.29) is 5.56 Å². The number of hydrogen-bond donors (Lipinski definition) is 1. The highest BCUT2D eigenvalue weighted by atomic mass is 79.9. The van der Waals surface area contributed by atoms with Crippen molar-refractivity contribution in [3.8, 4) is 17.0 Å². The number of hydrogen-bond acceptors (Lipinski definition) is 2. The van der Waals surface area contributed by atoms with Crippen molar-refractivity contribution in [2.45, 2.75) is 0 Å². The molecule has 100 valence electrons. The molecule has 1 N–H and O–H groups in total. The Morgan fingerprint density at radius 2 is 1.80 bits per heavy atom. The van der Waals surface area contributed by atoms with Gasteiger partial charge in [0.05, 0.1) is 12.5 Å². The minimum Gasteiger partial charge on any atom is -0.497 e. The molecule has 0 bridgehead atoms. The molecule has 2 aromatic carbocycles. The average Bonchev–Trinajstić information content (AvgIpc) is 2.47. The van der Waals surface area contributed by atoms with Gasteiger partial charge < -0.3 is 9.72 Å². The lowest BCUT2D eigenvalue weighted by atomic mass is 10.1. The summed E-state index contributed by atoms with van der Waals surface area (Å²) in [5.41, 5.74) is 1.67. The molecule has 0 atom stereocenters. The van der Waals surface area contributed by atoms with Gasteiger partial charge in [0.2, 0.25) is 0 Å². The van der Waals surface area contributed by atoms with Crippen LogP contribution >= 0.6 is 15.9 Å². The Balaban J connectivity index is 2.19.